The zero-order valence-corrected chi connectivity index (χ0v) is 34.7. The monoisotopic (exact) mass is 963 g/mol. The summed E-state index contributed by atoms with van der Waals surface area (Å²) >= 11 is 0. The summed E-state index contributed by atoms with van der Waals surface area (Å²) in [4.78, 5) is 12.7. The maximum atomic E-state index is 11.7. The zero-order valence-electron chi connectivity index (χ0n) is 32.4. The van der Waals surface area contributed by atoms with Gasteiger partial charge in [0.1, 0.15) is 11.5 Å². The predicted octanol–water partition coefficient (Wildman–Crippen LogP) is 12.8. The molecule has 8 nitrogen and oxygen atoms in total. The van der Waals surface area contributed by atoms with Crippen LogP contribution in [0.25, 0.3) is 0 Å². The first-order valence-corrected chi connectivity index (χ1v) is 19.6. The van der Waals surface area contributed by atoms with Gasteiger partial charge in [-0.25, -0.2) is 0 Å². The average Bonchev–Trinajstić information content (AvgIpc) is 3.83. The fourth-order valence-corrected chi connectivity index (χ4v) is 8.03. The maximum Gasteiger partial charge on any atom is 2.00 e. The second-order valence-electron chi connectivity index (χ2n) is 14.4. The van der Waals surface area contributed by atoms with E-state index in [1.807, 2.05) is 157 Å². The molecule has 9 heteroatoms. The number of hydrogen-bond donors (Lipinski definition) is 2. The molecule has 0 aromatic heterocycles. The molecule has 0 fully saturated rings. The van der Waals surface area contributed by atoms with Gasteiger partial charge >= 0.3 is 21.1 Å². The SMILES string of the molecule is Oc1cc(N(c2ccccc2)c2ccccc2)ccc1N1[CH-]N(CN2[CH-]N(c3ccc(N(c4ccccc4)c4ccccc4)cc3O)c3ccccc32)c2ccccc21.[Pt+2]. The molecule has 10 rings (SSSR count). The Hall–Kier alpha value is -7.15. The molecule has 8 aromatic carbocycles. The van der Waals surface area contributed by atoms with Crippen molar-refractivity contribution < 1.29 is 31.3 Å². The van der Waals surface area contributed by atoms with Gasteiger partial charge in [0.2, 0.25) is 0 Å². The van der Waals surface area contributed by atoms with E-state index in [9.17, 15) is 10.2 Å². The zero-order chi connectivity index (χ0) is 39.7. The van der Waals surface area contributed by atoms with Crippen LogP contribution in [0.2, 0.25) is 0 Å². The third-order valence-electron chi connectivity index (χ3n) is 10.7. The Morgan fingerprint density at radius 3 is 0.950 bits per heavy atom. The number of hydrogen-bond acceptors (Lipinski definition) is 8. The average molecular weight is 964 g/mol. The number of aromatic hydroxyl groups is 2. The second kappa shape index (κ2) is 16.6. The van der Waals surface area contributed by atoms with Gasteiger partial charge < -0.3 is 39.6 Å². The molecule has 0 spiro atoms. The van der Waals surface area contributed by atoms with Crippen molar-refractivity contribution in [2.24, 2.45) is 0 Å². The molecule has 0 unspecified atom stereocenters. The van der Waals surface area contributed by atoms with Crippen LogP contribution in [-0.4, -0.2) is 16.9 Å². The molecule has 2 heterocycles. The minimum atomic E-state index is 0. The molecule has 0 bridgehead atoms. The van der Waals surface area contributed by atoms with E-state index in [0.29, 0.717) is 18.0 Å². The Morgan fingerprint density at radius 1 is 0.333 bits per heavy atom. The van der Waals surface area contributed by atoms with Crippen molar-refractivity contribution in [2.75, 3.05) is 36.1 Å². The molecule has 60 heavy (non-hydrogen) atoms. The smallest absolute Gasteiger partial charge is 0.506 e. The summed E-state index contributed by atoms with van der Waals surface area (Å²) in [6.07, 6.45) is 0. The predicted molar refractivity (Wildman–Crippen MR) is 241 cm³/mol. The van der Waals surface area contributed by atoms with Crippen molar-refractivity contribution >= 4 is 68.2 Å². The summed E-state index contributed by atoms with van der Waals surface area (Å²) in [5.74, 6) is 0.321. The molecule has 2 aliphatic heterocycles. The molecule has 0 radical (unpaired) electrons. The summed E-state index contributed by atoms with van der Waals surface area (Å²) in [5.41, 5.74) is 10.9. The van der Waals surface area contributed by atoms with Gasteiger partial charge in [0.15, 0.2) is 0 Å². The minimum Gasteiger partial charge on any atom is -0.506 e. The van der Waals surface area contributed by atoms with Gasteiger partial charge in [-0.2, -0.15) is 0 Å². The Bertz CT molecular complexity index is 2460. The van der Waals surface area contributed by atoms with Crippen LogP contribution in [0, 0.1) is 13.3 Å². The van der Waals surface area contributed by atoms with Gasteiger partial charge in [-0.3, -0.25) is 0 Å². The number of phenolic OH excluding ortho intramolecular Hbond substituents is 2. The molecule has 2 aliphatic rings. The van der Waals surface area contributed by atoms with Crippen molar-refractivity contribution in [2.45, 2.75) is 0 Å². The first-order valence-electron chi connectivity index (χ1n) is 19.6. The van der Waals surface area contributed by atoms with Gasteiger partial charge in [-0.1, -0.05) is 97.1 Å². The van der Waals surface area contributed by atoms with Gasteiger partial charge in [0.05, 0.1) is 11.4 Å². The van der Waals surface area contributed by atoms with Crippen LogP contribution in [0.3, 0.4) is 0 Å². The van der Waals surface area contributed by atoms with Gasteiger partial charge in [-0.15, -0.1) is 13.3 Å². The van der Waals surface area contributed by atoms with E-state index in [0.717, 1.165) is 56.9 Å². The van der Waals surface area contributed by atoms with Crippen LogP contribution in [-0.2, 0) is 21.1 Å². The Kier molecular flexibility index (Phi) is 10.6. The molecule has 0 atom stereocenters. The van der Waals surface area contributed by atoms with Crippen molar-refractivity contribution in [1.82, 2.24) is 0 Å². The Morgan fingerprint density at radius 2 is 0.633 bits per heavy atom. The standard InChI is InChI=1S/C51H40N6O2.Pt/c58-50-33-42(56(38-17-5-1-6-18-38)39-19-7-2-8-20-39)29-31-48(50)54-36-52(44-25-13-15-27-46(44)54)35-53-37-55(47-28-16-14-26-45(47)53)49-32-30-43(34-51(49)59)57(40-21-9-3-10-22-40)41-23-11-4-12-24-41;/h1-34,36-37,58-59H,35H2;/q-2;+2. The van der Waals surface area contributed by atoms with Crippen molar-refractivity contribution in [3.63, 3.8) is 0 Å². The van der Waals surface area contributed by atoms with E-state index >= 15 is 0 Å². The summed E-state index contributed by atoms with van der Waals surface area (Å²) in [6, 6.07) is 68.8. The Balaban J connectivity index is 0.00000462. The van der Waals surface area contributed by atoms with E-state index in [2.05, 4.69) is 92.4 Å². The number of nitrogens with zero attached hydrogens (tertiary/aromatic N) is 6. The fourth-order valence-electron chi connectivity index (χ4n) is 8.03. The fraction of sp³-hybridized carbons (Fsp3) is 0.0196. The van der Waals surface area contributed by atoms with Crippen LogP contribution < -0.4 is 29.4 Å². The van der Waals surface area contributed by atoms with Gasteiger partial charge in [-0.05, 0) is 97.1 Å². The van der Waals surface area contributed by atoms with Crippen molar-refractivity contribution in [3.05, 3.63) is 220 Å². The number of rotatable bonds is 10. The third-order valence-corrected chi connectivity index (χ3v) is 10.7. The van der Waals surface area contributed by atoms with Crippen LogP contribution in [0.4, 0.5) is 68.2 Å². The van der Waals surface area contributed by atoms with Crippen molar-refractivity contribution in [3.8, 4) is 11.5 Å². The largest absolute Gasteiger partial charge is 2.00 e. The molecule has 0 saturated heterocycles. The number of para-hydroxylation sites is 8. The summed E-state index contributed by atoms with van der Waals surface area (Å²) in [7, 11) is 0. The van der Waals surface area contributed by atoms with Crippen LogP contribution in [0.15, 0.2) is 206 Å². The molecular formula is C51H40N6O2Pt. The van der Waals surface area contributed by atoms with Crippen LogP contribution in [0.1, 0.15) is 0 Å². The first-order chi connectivity index (χ1) is 29.1. The minimum absolute atomic E-state index is 0. The molecule has 2 N–H and O–H groups in total. The Labute approximate surface area is 364 Å². The van der Waals surface area contributed by atoms with Gasteiger partial charge in [0, 0.05) is 75.7 Å². The summed E-state index contributed by atoms with van der Waals surface area (Å²) < 4.78 is 0. The van der Waals surface area contributed by atoms with Crippen LogP contribution in [0.5, 0.6) is 11.5 Å². The molecule has 0 amide bonds. The molecular weight excluding hydrogens is 924 g/mol. The summed E-state index contributed by atoms with van der Waals surface area (Å²) in [6.45, 7) is 4.56. The van der Waals surface area contributed by atoms with Crippen molar-refractivity contribution in [1.29, 1.82) is 0 Å². The molecule has 0 aliphatic carbocycles. The maximum absolute atomic E-state index is 11.7. The van der Waals surface area contributed by atoms with Crippen LogP contribution >= 0.6 is 0 Å². The van der Waals surface area contributed by atoms with E-state index in [1.165, 1.54) is 0 Å². The molecule has 0 saturated carbocycles. The number of fused-ring (bicyclic) bond motifs is 2. The molecule has 8 aromatic rings. The second-order valence-corrected chi connectivity index (χ2v) is 14.4. The topological polar surface area (TPSA) is 59.9 Å². The van der Waals surface area contributed by atoms with E-state index in [4.69, 9.17) is 0 Å². The summed E-state index contributed by atoms with van der Waals surface area (Å²) in [5, 5.41) is 23.5. The third kappa shape index (κ3) is 7.16. The molecule has 296 valence electrons. The van der Waals surface area contributed by atoms with E-state index in [-0.39, 0.29) is 32.6 Å². The number of anilines is 12. The normalized spacial score (nSPS) is 12.8. The quantitative estimate of drug-likeness (QED) is 0.132. The van der Waals surface area contributed by atoms with E-state index < -0.39 is 0 Å². The first kappa shape index (κ1) is 38.4. The number of benzene rings is 8. The van der Waals surface area contributed by atoms with Gasteiger partial charge in [0.25, 0.3) is 0 Å². The number of phenols is 2. The van der Waals surface area contributed by atoms with E-state index in [1.54, 1.807) is 0 Å².